The Labute approximate surface area is 385 Å². The first-order chi connectivity index (χ1) is 32.6. The zero-order valence-electron chi connectivity index (χ0n) is 36.7. The van der Waals surface area contributed by atoms with Crippen molar-refractivity contribution < 1.29 is 42.9 Å². The number of ether oxygens (including phenoxy) is 4. The Kier molecular flexibility index (Phi) is 14.6. The number of benzene rings is 3. The summed E-state index contributed by atoms with van der Waals surface area (Å²) in [5.41, 5.74) is 15.7. The van der Waals surface area contributed by atoms with E-state index in [-0.39, 0.29) is 60.6 Å². The minimum absolute atomic E-state index is 0.0155. The number of nitrogen functional groups attached to an aromatic ring is 1. The molecule has 3 aliphatic rings. The van der Waals surface area contributed by atoms with Crippen molar-refractivity contribution in [1.82, 2.24) is 40.1 Å². The topological polar surface area (TPSA) is 278 Å². The standard InChI is InChI=1S/C46H52N12O9/c47-34(45(62)55-18-15-30(16-19-55)58-37-27-51-53-42(48)40(37)41(54-58)29-9-11-32(12-10-29)67-31-5-2-1-3-6-31)28-56(49)20-22-65-24-26-66-25-23-64-21-17-50-35-8-4-7-33-39(35)46(63)57(44(33)61)36-13-14-38(59)52-43(36)60/h1-12,27-28,30,36,50H,13-26,47,49H2,(H2,48,53)(H,52,59,60)/b34-28-. The smallest absolute Gasteiger partial charge is 0.271 e. The molecule has 0 aliphatic carbocycles. The van der Waals surface area contributed by atoms with Crippen molar-refractivity contribution in [2.75, 3.05) is 76.9 Å². The predicted octanol–water partition coefficient (Wildman–Crippen LogP) is 2.57. The van der Waals surface area contributed by atoms with Crippen molar-refractivity contribution in [1.29, 1.82) is 0 Å². The van der Waals surface area contributed by atoms with Crippen LogP contribution in [-0.2, 0) is 28.6 Å². The maximum Gasteiger partial charge on any atom is 0.271 e. The van der Waals surface area contributed by atoms with E-state index in [9.17, 15) is 24.0 Å². The lowest BCUT2D eigenvalue weighted by atomic mass is 10.0. The van der Waals surface area contributed by atoms with Gasteiger partial charge in [0, 0.05) is 43.5 Å². The zero-order chi connectivity index (χ0) is 46.9. The third kappa shape index (κ3) is 10.7. The number of nitrogens with two attached hydrogens (primary N) is 3. The van der Waals surface area contributed by atoms with Crippen molar-refractivity contribution in [3.05, 3.63) is 102 Å². The lowest BCUT2D eigenvalue weighted by Crippen LogP contribution is -2.54. The van der Waals surface area contributed by atoms with E-state index in [2.05, 4.69) is 20.8 Å². The van der Waals surface area contributed by atoms with Gasteiger partial charge in [-0.25, -0.2) is 5.84 Å². The average molecular weight is 917 g/mol. The summed E-state index contributed by atoms with van der Waals surface area (Å²) in [5, 5.41) is 20.6. The fourth-order valence-electron chi connectivity index (χ4n) is 8.23. The second-order valence-corrected chi connectivity index (χ2v) is 16.0. The summed E-state index contributed by atoms with van der Waals surface area (Å²) in [4.78, 5) is 66.2. The number of hydrogen-bond acceptors (Lipinski definition) is 17. The molecule has 1 atom stereocenters. The molecule has 3 aliphatic heterocycles. The number of carbonyl (C=O) groups excluding carboxylic acids is 5. The van der Waals surface area contributed by atoms with Crippen LogP contribution in [-0.4, -0.2) is 136 Å². The van der Waals surface area contributed by atoms with Crippen LogP contribution in [0.3, 0.4) is 0 Å². The molecular formula is C46H52N12O9. The Balaban J connectivity index is 0.705. The molecule has 5 heterocycles. The molecule has 5 amide bonds. The highest BCUT2D eigenvalue weighted by molar-refractivity contribution is 6.25. The van der Waals surface area contributed by atoms with Gasteiger partial charge in [0.2, 0.25) is 11.8 Å². The van der Waals surface area contributed by atoms with E-state index in [0.717, 1.165) is 21.7 Å². The minimum atomic E-state index is -1.03. The van der Waals surface area contributed by atoms with E-state index < -0.39 is 29.7 Å². The Bertz CT molecular complexity index is 2630. The molecule has 0 saturated carbocycles. The summed E-state index contributed by atoms with van der Waals surface area (Å²) < 4.78 is 24.7. The van der Waals surface area contributed by atoms with Crippen molar-refractivity contribution in [2.24, 2.45) is 11.6 Å². The lowest BCUT2D eigenvalue weighted by Gasteiger charge is -2.32. The fourth-order valence-corrected chi connectivity index (χ4v) is 8.23. The number of nitrogens with zero attached hydrogens (tertiary/aromatic N) is 7. The molecule has 2 aromatic heterocycles. The van der Waals surface area contributed by atoms with E-state index >= 15 is 0 Å². The molecule has 8 rings (SSSR count). The number of nitrogens with one attached hydrogen (secondary N) is 2. The van der Waals surface area contributed by atoms with Gasteiger partial charge in [0.15, 0.2) is 5.82 Å². The van der Waals surface area contributed by atoms with Crippen molar-refractivity contribution in [3.63, 3.8) is 0 Å². The third-order valence-electron chi connectivity index (χ3n) is 11.6. The maximum atomic E-state index is 13.3. The van der Waals surface area contributed by atoms with E-state index in [1.807, 2.05) is 59.3 Å². The van der Waals surface area contributed by atoms with Gasteiger partial charge in [-0.15, -0.1) is 5.10 Å². The SMILES string of the molecule is N/C(=C\N(N)CCOCCOCCOCCNc1cccc2c1C(=O)N(C1CCC(=O)NC1=O)C2=O)C(=O)N1CCC(n2nc(-c3ccc(Oc4ccccc4)cc3)c3c(N)nncc32)CC1. The number of carbonyl (C=O) groups is 5. The highest BCUT2D eigenvalue weighted by Crippen LogP contribution is 2.36. The lowest BCUT2D eigenvalue weighted by molar-refractivity contribution is -0.136. The van der Waals surface area contributed by atoms with Crippen LogP contribution in [0.1, 0.15) is 52.4 Å². The maximum absolute atomic E-state index is 13.3. The molecule has 5 aromatic rings. The second kappa shape index (κ2) is 21.2. The monoisotopic (exact) mass is 916 g/mol. The van der Waals surface area contributed by atoms with Gasteiger partial charge in [-0.1, -0.05) is 24.3 Å². The molecule has 67 heavy (non-hydrogen) atoms. The van der Waals surface area contributed by atoms with Crippen molar-refractivity contribution >= 4 is 51.9 Å². The van der Waals surface area contributed by atoms with Gasteiger partial charge in [0.05, 0.1) is 80.5 Å². The number of fused-ring (bicyclic) bond motifs is 2. The van der Waals surface area contributed by atoms with Crippen molar-refractivity contribution in [2.45, 2.75) is 37.8 Å². The molecule has 2 saturated heterocycles. The van der Waals surface area contributed by atoms with Crippen LogP contribution in [0.5, 0.6) is 11.5 Å². The number of likely N-dealkylation sites (tertiary alicyclic amines) is 1. The number of amides is 5. The Hall–Kier alpha value is -7.46. The average Bonchev–Trinajstić information content (AvgIpc) is 3.85. The van der Waals surface area contributed by atoms with Crippen molar-refractivity contribution in [3.8, 4) is 22.8 Å². The quantitative estimate of drug-likeness (QED) is 0.0247. The first kappa shape index (κ1) is 46.1. The molecule has 3 aromatic carbocycles. The Morgan fingerprint density at radius 1 is 0.851 bits per heavy atom. The van der Waals surface area contributed by atoms with Gasteiger partial charge < -0.3 is 45.6 Å². The first-order valence-electron chi connectivity index (χ1n) is 22.0. The van der Waals surface area contributed by atoms with Crippen LogP contribution in [0.15, 0.2) is 90.9 Å². The molecule has 21 heteroatoms. The molecule has 1 unspecified atom stereocenters. The molecule has 0 bridgehead atoms. The second-order valence-electron chi connectivity index (χ2n) is 16.0. The normalized spacial score (nSPS) is 16.7. The van der Waals surface area contributed by atoms with Gasteiger partial charge >= 0.3 is 0 Å². The number of hydrogen-bond donors (Lipinski definition) is 5. The number of aromatic nitrogens is 4. The third-order valence-corrected chi connectivity index (χ3v) is 11.6. The first-order valence-corrected chi connectivity index (χ1v) is 22.0. The van der Waals surface area contributed by atoms with E-state index in [4.69, 9.17) is 41.4 Å². The molecule has 0 radical (unpaired) electrons. The van der Waals surface area contributed by atoms with Gasteiger partial charge in [-0.2, -0.15) is 10.2 Å². The number of imide groups is 2. The number of rotatable bonds is 20. The van der Waals surface area contributed by atoms with Gasteiger partial charge in [0.1, 0.15) is 28.9 Å². The van der Waals surface area contributed by atoms with E-state index in [1.54, 1.807) is 23.2 Å². The fraction of sp³-hybridized carbons (Fsp3) is 0.348. The van der Waals surface area contributed by atoms with Crippen LogP contribution in [0.25, 0.3) is 22.2 Å². The summed E-state index contributed by atoms with van der Waals surface area (Å²) >= 11 is 0. The van der Waals surface area contributed by atoms with Gasteiger partial charge in [-0.3, -0.25) is 38.9 Å². The highest BCUT2D eigenvalue weighted by Gasteiger charge is 2.45. The number of piperidine rings is 2. The van der Waals surface area contributed by atoms with E-state index in [0.29, 0.717) is 88.0 Å². The Morgan fingerprint density at radius 2 is 1.55 bits per heavy atom. The Morgan fingerprint density at radius 3 is 2.28 bits per heavy atom. The molecule has 2 fully saturated rings. The van der Waals surface area contributed by atoms with Gasteiger partial charge in [-0.05, 0) is 67.8 Å². The van der Waals surface area contributed by atoms with Crippen LogP contribution in [0, 0.1) is 0 Å². The zero-order valence-corrected chi connectivity index (χ0v) is 36.7. The minimum Gasteiger partial charge on any atom is -0.457 e. The van der Waals surface area contributed by atoms with Crippen LogP contribution < -0.4 is 32.7 Å². The van der Waals surface area contributed by atoms with Crippen LogP contribution >= 0.6 is 0 Å². The van der Waals surface area contributed by atoms with Crippen LogP contribution in [0.4, 0.5) is 11.5 Å². The predicted molar refractivity (Wildman–Crippen MR) is 244 cm³/mol. The molecule has 350 valence electrons. The number of para-hydroxylation sites is 1. The summed E-state index contributed by atoms with van der Waals surface area (Å²) in [5.74, 6) is 5.27. The molecule has 21 nitrogen and oxygen atoms in total. The van der Waals surface area contributed by atoms with Gasteiger partial charge in [0.25, 0.3) is 17.7 Å². The highest BCUT2D eigenvalue weighted by atomic mass is 16.5. The number of hydrazine groups is 1. The van der Waals surface area contributed by atoms with E-state index in [1.165, 1.54) is 17.3 Å². The number of anilines is 2. The summed E-state index contributed by atoms with van der Waals surface area (Å²) in [6.07, 6.45) is 4.46. The summed E-state index contributed by atoms with van der Waals surface area (Å²) in [6.45, 7) is 3.39. The van der Waals surface area contributed by atoms with Crippen LogP contribution in [0.2, 0.25) is 0 Å². The molecule has 0 spiro atoms. The summed E-state index contributed by atoms with van der Waals surface area (Å²) in [7, 11) is 0. The summed E-state index contributed by atoms with van der Waals surface area (Å²) in [6, 6.07) is 21.0. The molecule has 8 N–H and O–H groups in total. The molecular weight excluding hydrogens is 865 g/mol. The largest absolute Gasteiger partial charge is 0.457 e.